The fourth-order valence-corrected chi connectivity index (χ4v) is 3.66. The molecule has 150 valence electrons. The second kappa shape index (κ2) is 7.20. The number of H-pyrrole nitrogens is 1. The molecule has 0 saturated carbocycles. The smallest absolute Gasteiger partial charge is 0.257 e. The third-order valence-corrected chi connectivity index (χ3v) is 5.04. The monoisotopic (exact) mass is 405 g/mol. The molecule has 0 bridgehead atoms. The average molecular weight is 405 g/mol. The van der Waals surface area contributed by atoms with Crippen LogP contribution in [0.1, 0.15) is 23.4 Å². The quantitative estimate of drug-likeness (QED) is 0.553. The Morgan fingerprint density at radius 3 is 3.00 bits per heavy atom. The molecule has 9 nitrogen and oxygen atoms in total. The first kappa shape index (κ1) is 18.2. The number of nitriles is 1. The topological polar surface area (TPSA) is 117 Å². The number of fused-ring (bicyclic) bond motifs is 1. The molecule has 1 fully saturated rings. The second-order valence-corrected chi connectivity index (χ2v) is 6.89. The van der Waals surface area contributed by atoms with Crippen LogP contribution in [-0.2, 0) is 4.74 Å². The molecule has 5 rings (SSSR count). The van der Waals surface area contributed by atoms with E-state index in [2.05, 4.69) is 25.1 Å². The Morgan fingerprint density at radius 1 is 1.30 bits per heavy atom. The largest absolute Gasteiger partial charge is 0.365 e. The summed E-state index contributed by atoms with van der Waals surface area (Å²) in [7, 11) is 0. The van der Waals surface area contributed by atoms with E-state index < -0.39 is 11.9 Å². The Balaban J connectivity index is 1.59. The van der Waals surface area contributed by atoms with Crippen LogP contribution in [-0.4, -0.2) is 44.8 Å². The number of hydrogen-bond donors (Lipinski definition) is 1. The van der Waals surface area contributed by atoms with Gasteiger partial charge in [-0.1, -0.05) is 17.3 Å². The van der Waals surface area contributed by atoms with E-state index in [4.69, 9.17) is 9.26 Å². The first-order chi connectivity index (χ1) is 14.7. The number of anilines is 1. The van der Waals surface area contributed by atoms with E-state index in [1.807, 2.05) is 11.0 Å². The molecule has 1 aliphatic heterocycles. The zero-order valence-corrected chi connectivity index (χ0v) is 16.0. The number of nitrogens with zero attached hydrogens (tertiary/aromatic N) is 6. The van der Waals surface area contributed by atoms with Crippen LogP contribution in [0.4, 0.5) is 10.2 Å². The van der Waals surface area contributed by atoms with Crippen LogP contribution in [0, 0.1) is 24.1 Å². The van der Waals surface area contributed by atoms with E-state index in [1.54, 1.807) is 25.3 Å². The van der Waals surface area contributed by atoms with Gasteiger partial charge in [0.25, 0.3) is 5.89 Å². The van der Waals surface area contributed by atoms with Crippen LogP contribution >= 0.6 is 0 Å². The molecule has 1 N–H and O–H groups in total. The van der Waals surface area contributed by atoms with Gasteiger partial charge in [-0.25, -0.2) is 14.4 Å². The van der Waals surface area contributed by atoms with Crippen molar-refractivity contribution in [3.8, 4) is 17.2 Å². The molecule has 4 heterocycles. The highest BCUT2D eigenvalue weighted by molar-refractivity contribution is 6.01. The van der Waals surface area contributed by atoms with E-state index >= 15 is 0 Å². The minimum absolute atomic E-state index is 0.0153. The van der Waals surface area contributed by atoms with Gasteiger partial charge in [-0.15, -0.1) is 0 Å². The van der Waals surface area contributed by atoms with Gasteiger partial charge in [-0.2, -0.15) is 10.2 Å². The number of aromatic amines is 1. The van der Waals surface area contributed by atoms with Gasteiger partial charge < -0.3 is 19.1 Å². The Morgan fingerprint density at radius 2 is 2.20 bits per heavy atom. The van der Waals surface area contributed by atoms with Crippen LogP contribution < -0.4 is 4.90 Å². The van der Waals surface area contributed by atoms with Crippen molar-refractivity contribution in [1.82, 2.24) is 25.1 Å². The summed E-state index contributed by atoms with van der Waals surface area (Å²) in [5.41, 5.74) is 1.47. The van der Waals surface area contributed by atoms with E-state index in [9.17, 15) is 9.65 Å². The Labute approximate surface area is 170 Å². The molecule has 4 aromatic rings. The fraction of sp³-hybridized carbons (Fsp3) is 0.250. The lowest BCUT2D eigenvalue weighted by atomic mass is 10.0. The van der Waals surface area contributed by atoms with Crippen LogP contribution in [0.15, 0.2) is 35.2 Å². The van der Waals surface area contributed by atoms with E-state index in [-0.39, 0.29) is 5.56 Å². The molecule has 1 saturated heterocycles. The summed E-state index contributed by atoms with van der Waals surface area (Å²) in [6.45, 7) is 3.22. The van der Waals surface area contributed by atoms with E-state index in [0.717, 1.165) is 0 Å². The number of hydrogen-bond acceptors (Lipinski definition) is 8. The number of halogens is 1. The first-order valence-corrected chi connectivity index (χ1v) is 9.33. The van der Waals surface area contributed by atoms with Crippen molar-refractivity contribution in [3.63, 3.8) is 0 Å². The normalized spacial score (nSPS) is 16.7. The molecule has 0 aliphatic carbocycles. The summed E-state index contributed by atoms with van der Waals surface area (Å²) in [6.07, 6.45) is 2.74. The summed E-state index contributed by atoms with van der Waals surface area (Å²) in [4.78, 5) is 18.1. The van der Waals surface area contributed by atoms with Crippen molar-refractivity contribution in [1.29, 1.82) is 5.26 Å². The number of aromatic nitrogens is 5. The van der Waals surface area contributed by atoms with Gasteiger partial charge >= 0.3 is 0 Å². The molecule has 0 amide bonds. The van der Waals surface area contributed by atoms with Gasteiger partial charge in [-0.05, 0) is 13.0 Å². The molecule has 1 aromatic carbocycles. The van der Waals surface area contributed by atoms with Crippen LogP contribution in [0.25, 0.3) is 22.2 Å². The zero-order chi connectivity index (χ0) is 20.7. The molecule has 1 aliphatic rings. The number of nitrogens with one attached hydrogen (secondary N) is 1. The number of ether oxygens (including phenoxy) is 1. The molecule has 10 heteroatoms. The molecule has 0 radical (unpaired) electrons. The SMILES string of the molecule is Cc1noc([C@@H]2CN(c3ncnc4[nH]cc(-c5cccc(C#N)c5F)c34)CCO2)n1. The summed E-state index contributed by atoms with van der Waals surface area (Å²) in [5.74, 6) is 1.01. The maximum Gasteiger partial charge on any atom is 0.257 e. The highest BCUT2D eigenvalue weighted by Crippen LogP contribution is 2.36. The minimum Gasteiger partial charge on any atom is -0.365 e. The van der Waals surface area contributed by atoms with Crippen molar-refractivity contribution in [2.24, 2.45) is 0 Å². The van der Waals surface area contributed by atoms with Crippen molar-refractivity contribution >= 4 is 16.9 Å². The lowest BCUT2D eigenvalue weighted by Gasteiger charge is -2.32. The molecular formula is C20H16FN7O2. The standard InChI is InChI=1S/C20H16FN7O2/c1-11-26-20(30-27-11)15-9-28(5-6-29-15)19-16-14(8-23-18(16)24-10-25-19)13-4-2-3-12(7-22)17(13)21/h2-4,8,10,15H,5-6,9H2,1H3,(H,23,24,25)/t15-/m0/s1. The average Bonchev–Trinajstić information content (AvgIpc) is 3.40. The van der Waals surface area contributed by atoms with Gasteiger partial charge in [0.15, 0.2) is 11.9 Å². The highest BCUT2D eigenvalue weighted by atomic mass is 19.1. The van der Waals surface area contributed by atoms with E-state index in [0.29, 0.717) is 59.4 Å². The number of rotatable bonds is 3. The molecular weight excluding hydrogens is 389 g/mol. The molecule has 0 unspecified atom stereocenters. The van der Waals surface area contributed by atoms with Crippen LogP contribution in [0.3, 0.4) is 0 Å². The van der Waals surface area contributed by atoms with Gasteiger partial charge in [-0.3, -0.25) is 0 Å². The van der Waals surface area contributed by atoms with Crippen molar-refractivity contribution < 1.29 is 13.7 Å². The lowest BCUT2D eigenvalue weighted by molar-refractivity contribution is 0.0185. The van der Waals surface area contributed by atoms with Crippen molar-refractivity contribution in [2.75, 3.05) is 24.6 Å². The predicted molar refractivity (Wildman–Crippen MR) is 104 cm³/mol. The molecule has 3 aromatic heterocycles. The van der Waals surface area contributed by atoms with Crippen LogP contribution in [0.5, 0.6) is 0 Å². The second-order valence-electron chi connectivity index (χ2n) is 6.89. The minimum atomic E-state index is -0.572. The Bertz CT molecular complexity index is 1280. The van der Waals surface area contributed by atoms with Gasteiger partial charge in [0.05, 0.1) is 24.1 Å². The van der Waals surface area contributed by atoms with Crippen molar-refractivity contribution in [3.05, 3.63) is 53.8 Å². The third-order valence-electron chi connectivity index (χ3n) is 5.04. The fourth-order valence-electron chi connectivity index (χ4n) is 3.66. The summed E-state index contributed by atoms with van der Waals surface area (Å²) >= 11 is 0. The van der Waals surface area contributed by atoms with Crippen LogP contribution in [0.2, 0.25) is 0 Å². The third kappa shape index (κ3) is 2.96. The maximum atomic E-state index is 14.9. The molecule has 30 heavy (non-hydrogen) atoms. The summed E-state index contributed by atoms with van der Waals surface area (Å²) < 4.78 is 25.9. The highest BCUT2D eigenvalue weighted by Gasteiger charge is 2.29. The van der Waals surface area contributed by atoms with Gasteiger partial charge in [0.1, 0.15) is 29.7 Å². The number of morpholine rings is 1. The Hall–Kier alpha value is -3.84. The van der Waals surface area contributed by atoms with Crippen molar-refractivity contribution in [2.45, 2.75) is 13.0 Å². The van der Waals surface area contributed by atoms with Gasteiger partial charge in [0.2, 0.25) is 0 Å². The zero-order valence-electron chi connectivity index (χ0n) is 16.0. The molecule has 0 spiro atoms. The van der Waals surface area contributed by atoms with E-state index in [1.165, 1.54) is 12.4 Å². The number of aryl methyl sites for hydroxylation is 1. The van der Waals surface area contributed by atoms with Gasteiger partial charge in [0, 0.05) is 23.9 Å². The molecule has 1 atom stereocenters. The maximum absolute atomic E-state index is 14.9. The first-order valence-electron chi connectivity index (χ1n) is 9.33. The summed E-state index contributed by atoms with van der Waals surface area (Å²) in [5, 5.41) is 13.7. The Kier molecular flexibility index (Phi) is 4.37. The predicted octanol–water partition coefficient (Wildman–Crippen LogP) is 2.91. The lowest BCUT2D eigenvalue weighted by Crippen LogP contribution is -2.39. The summed E-state index contributed by atoms with van der Waals surface area (Å²) in [6, 6.07) is 6.62. The number of benzene rings is 1.